The van der Waals surface area contributed by atoms with Crippen molar-refractivity contribution < 1.29 is 4.79 Å². The van der Waals surface area contributed by atoms with Gasteiger partial charge in [0.2, 0.25) is 0 Å². The molecule has 0 spiro atoms. The number of carbonyl (C=O) groups is 1. The van der Waals surface area contributed by atoms with Crippen molar-refractivity contribution in [1.29, 1.82) is 0 Å². The van der Waals surface area contributed by atoms with E-state index in [1.54, 1.807) is 47.1 Å². The lowest BCUT2D eigenvalue weighted by Crippen LogP contribution is -2.26. The lowest BCUT2D eigenvalue weighted by atomic mass is 10.2. The fraction of sp³-hybridized carbons (Fsp3) is 0.286. The van der Waals surface area contributed by atoms with Gasteiger partial charge in [-0.05, 0) is 31.2 Å². The molecule has 1 amide bonds. The van der Waals surface area contributed by atoms with Crippen molar-refractivity contribution in [1.82, 2.24) is 14.7 Å². The SMILES string of the molecule is CCn1cc(Cl)c(CN(C)C(=O)c2ccc(Cl)cc2)n1. The summed E-state index contributed by atoms with van der Waals surface area (Å²) >= 11 is 11.9. The van der Waals surface area contributed by atoms with Gasteiger partial charge in [-0.1, -0.05) is 23.2 Å². The zero-order chi connectivity index (χ0) is 14.7. The van der Waals surface area contributed by atoms with E-state index in [9.17, 15) is 4.79 Å². The predicted molar refractivity (Wildman–Crippen MR) is 80.2 cm³/mol. The van der Waals surface area contributed by atoms with E-state index >= 15 is 0 Å². The van der Waals surface area contributed by atoms with Gasteiger partial charge >= 0.3 is 0 Å². The highest BCUT2D eigenvalue weighted by molar-refractivity contribution is 6.31. The van der Waals surface area contributed by atoms with Crippen LogP contribution in [0.3, 0.4) is 0 Å². The monoisotopic (exact) mass is 311 g/mol. The molecule has 0 fully saturated rings. The van der Waals surface area contributed by atoms with Crippen molar-refractivity contribution in [3.8, 4) is 0 Å². The normalized spacial score (nSPS) is 10.6. The van der Waals surface area contributed by atoms with Gasteiger partial charge in [-0.3, -0.25) is 9.48 Å². The minimum absolute atomic E-state index is 0.0937. The first-order valence-corrected chi connectivity index (χ1v) is 6.99. The van der Waals surface area contributed by atoms with Crippen LogP contribution in [0.25, 0.3) is 0 Å². The van der Waals surface area contributed by atoms with E-state index < -0.39 is 0 Å². The largest absolute Gasteiger partial charge is 0.336 e. The van der Waals surface area contributed by atoms with E-state index in [4.69, 9.17) is 23.2 Å². The number of carbonyl (C=O) groups excluding carboxylic acids is 1. The fourth-order valence-electron chi connectivity index (χ4n) is 1.82. The molecule has 2 rings (SSSR count). The van der Waals surface area contributed by atoms with E-state index in [0.717, 1.165) is 6.54 Å². The first kappa shape index (κ1) is 14.9. The third kappa shape index (κ3) is 3.32. The van der Waals surface area contributed by atoms with Crippen LogP contribution in [-0.4, -0.2) is 27.6 Å². The molecule has 106 valence electrons. The molecular weight excluding hydrogens is 297 g/mol. The van der Waals surface area contributed by atoms with Gasteiger partial charge in [0, 0.05) is 30.4 Å². The number of amides is 1. The molecule has 0 aliphatic carbocycles. The predicted octanol–water partition coefficient (Wildman–Crippen LogP) is 3.48. The second-order valence-corrected chi connectivity index (χ2v) is 5.29. The van der Waals surface area contributed by atoms with Crippen LogP contribution in [0.15, 0.2) is 30.5 Å². The number of hydrogen-bond acceptors (Lipinski definition) is 2. The van der Waals surface area contributed by atoms with Crippen LogP contribution in [-0.2, 0) is 13.1 Å². The van der Waals surface area contributed by atoms with Crippen LogP contribution in [0.2, 0.25) is 10.0 Å². The van der Waals surface area contributed by atoms with Crippen molar-refractivity contribution in [3.63, 3.8) is 0 Å². The van der Waals surface area contributed by atoms with Gasteiger partial charge in [0.1, 0.15) is 5.69 Å². The van der Waals surface area contributed by atoms with E-state index in [1.807, 2.05) is 6.92 Å². The Morgan fingerprint density at radius 1 is 1.30 bits per heavy atom. The molecule has 0 radical (unpaired) electrons. The molecule has 0 aliphatic heterocycles. The zero-order valence-corrected chi connectivity index (χ0v) is 12.8. The second kappa shape index (κ2) is 6.29. The van der Waals surface area contributed by atoms with Crippen LogP contribution in [0.4, 0.5) is 0 Å². The smallest absolute Gasteiger partial charge is 0.253 e. The lowest BCUT2D eigenvalue weighted by molar-refractivity contribution is 0.0783. The molecule has 0 saturated heterocycles. The molecule has 0 N–H and O–H groups in total. The molecule has 1 heterocycles. The van der Waals surface area contributed by atoms with Gasteiger partial charge in [0.15, 0.2) is 0 Å². The van der Waals surface area contributed by atoms with E-state index in [-0.39, 0.29) is 5.91 Å². The lowest BCUT2D eigenvalue weighted by Gasteiger charge is -2.16. The summed E-state index contributed by atoms with van der Waals surface area (Å²) < 4.78 is 1.75. The van der Waals surface area contributed by atoms with Gasteiger partial charge in [0.25, 0.3) is 5.91 Å². The Morgan fingerprint density at radius 3 is 2.50 bits per heavy atom. The molecule has 20 heavy (non-hydrogen) atoms. The maximum absolute atomic E-state index is 12.3. The number of nitrogens with zero attached hydrogens (tertiary/aromatic N) is 3. The topological polar surface area (TPSA) is 38.1 Å². The Bertz CT molecular complexity index is 607. The molecule has 0 bridgehead atoms. The van der Waals surface area contributed by atoms with Crippen LogP contribution in [0, 0.1) is 0 Å². The Morgan fingerprint density at radius 2 is 1.95 bits per heavy atom. The van der Waals surface area contributed by atoms with Gasteiger partial charge < -0.3 is 4.90 Å². The number of aromatic nitrogens is 2. The quantitative estimate of drug-likeness (QED) is 0.867. The molecular formula is C14H15Cl2N3O. The van der Waals surface area contributed by atoms with Gasteiger partial charge in [-0.2, -0.15) is 5.10 Å². The van der Waals surface area contributed by atoms with Gasteiger partial charge in [0.05, 0.1) is 11.6 Å². The summed E-state index contributed by atoms with van der Waals surface area (Å²) in [6, 6.07) is 6.80. The van der Waals surface area contributed by atoms with Gasteiger partial charge in [-0.15, -0.1) is 0 Å². The summed E-state index contributed by atoms with van der Waals surface area (Å²) in [6.45, 7) is 3.09. The Hall–Kier alpha value is -1.52. The molecule has 0 unspecified atom stereocenters. The summed E-state index contributed by atoms with van der Waals surface area (Å²) in [5.41, 5.74) is 1.28. The third-order valence-corrected chi connectivity index (χ3v) is 3.50. The van der Waals surface area contributed by atoms with Crippen molar-refractivity contribution in [2.75, 3.05) is 7.05 Å². The van der Waals surface area contributed by atoms with Crippen LogP contribution < -0.4 is 0 Å². The third-order valence-electron chi connectivity index (χ3n) is 2.94. The Labute approximate surface area is 127 Å². The van der Waals surface area contributed by atoms with Crippen molar-refractivity contribution in [3.05, 3.63) is 51.8 Å². The number of aryl methyl sites for hydroxylation is 1. The Kier molecular flexibility index (Phi) is 4.68. The van der Waals surface area contributed by atoms with Crippen LogP contribution in [0.1, 0.15) is 23.0 Å². The second-order valence-electron chi connectivity index (χ2n) is 4.45. The van der Waals surface area contributed by atoms with E-state index in [2.05, 4.69) is 5.10 Å². The van der Waals surface area contributed by atoms with Crippen molar-refractivity contribution in [2.45, 2.75) is 20.0 Å². The Balaban J connectivity index is 2.10. The first-order valence-electron chi connectivity index (χ1n) is 6.24. The van der Waals surface area contributed by atoms with Crippen LogP contribution in [0.5, 0.6) is 0 Å². The van der Waals surface area contributed by atoms with E-state index in [0.29, 0.717) is 27.8 Å². The minimum Gasteiger partial charge on any atom is -0.336 e. The highest BCUT2D eigenvalue weighted by Crippen LogP contribution is 2.17. The molecule has 0 saturated carbocycles. The maximum atomic E-state index is 12.3. The number of halogens is 2. The van der Waals surface area contributed by atoms with Crippen LogP contribution >= 0.6 is 23.2 Å². The standard InChI is InChI=1S/C14H15Cl2N3O/c1-3-19-8-12(16)13(17-19)9-18(2)14(20)10-4-6-11(15)7-5-10/h4-8H,3,9H2,1-2H3. The number of benzene rings is 1. The summed E-state index contributed by atoms with van der Waals surface area (Å²) in [4.78, 5) is 13.8. The maximum Gasteiger partial charge on any atom is 0.253 e. The van der Waals surface area contributed by atoms with Gasteiger partial charge in [-0.25, -0.2) is 0 Å². The van der Waals surface area contributed by atoms with Crippen molar-refractivity contribution >= 4 is 29.1 Å². The summed E-state index contributed by atoms with van der Waals surface area (Å²) in [7, 11) is 1.72. The number of rotatable bonds is 4. The summed E-state index contributed by atoms with van der Waals surface area (Å²) in [5.74, 6) is -0.0937. The highest BCUT2D eigenvalue weighted by atomic mass is 35.5. The average Bonchev–Trinajstić information content (AvgIpc) is 2.79. The summed E-state index contributed by atoms with van der Waals surface area (Å²) in [6.07, 6.45) is 1.76. The average molecular weight is 312 g/mol. The first-order chi connectivity index (χ1) is 9.51. The molecule has 6 heteroatoms. The highest BCUT2D eigenvalue weighted by Gasteiger charge is 2.15. The fourth-order valence-corrected chi connectivity index (χ4v) is 2.15. The molecule has 1 aromatic carbocycles. The molecule has 4 nitrogen and oxygen atoms in total. The zero-order valence-electron chi connectivity index (χ0n) is 11.3. The molecule has 0 atom stereocenters. The number of hydrogen-bond donors (Lipinski definition) is 0. The molecule has 2 aromatic rings. The minimum atomic E-state index is -0.0937. The molecule has 1 aromatic heterocycles. The van der Waals surface area contributed by atoms with Crippen molar-refractivity contribution in [2.24, 2.45) is 0 Å². The molecule has 0 aliphatic rings. The van der Waals surface area contributed by atoms with E-state index in [1.165, 1.54) is 0 Å². The summed E-state index contributed by atoms with van der Waals surface area (Å²) in [5, 5.41) is 5.51.